The predicted octanol–water partition coefficient (Wildman–Crippen LogP) is -1.85. The monoisotopic (exact) mass is 797 g/mol. The molecule has 104 valence electrons. The Morgan fingerprint density at radius 1 is 0.263 bits per heavy atom. The van der Waals surface area contributed by atoms with Crippen LogP contribution in [-0.2, 0) is 144 Å². The first-order valence-electron chi connectivity index (χ1n) is 0. The van der Waals surface area contributed by atoms with Crippen LogP contribution in [0.15, 0.2) is 0 Å². The van der Waals surface area contributed by atoms with Gasteiger partial charge < -0.3 is 60.2 Å². The van der Waals surface area contributed by atoms with E-state index in [1.54, 1.807) is 0 Å². The largest absolute Gasteiger partial charge is 5.00 e. The molecule has 0 radical (unpaired) electrons. The minimum atomic E-state index is 0. The van der Waals surface area contributed by atoms with Crippen LogP contribution in [-0.4, -0.2) is 47.8 Å². The van der Waals surface area contributed by atoms with Crippen molar-refractivity contribution in [1.29, 1.82) is 0 Å². The molecule has 11 nitrogen and oxygen atoms in total. The van der Waals surface area contributed by atoms with Gasteiger partial charge in [-0.2, -0.15) is 27.0 Å². The van der Waals surface area contributed by atoms with Crippen molar-refractivity contribution < 1.29 is 144 Å². The molecule has 0 fully saturated rings. The summed E-state index contributed by atoms with van der Waals surface area (Å²) >= 11 is 0. The molecule has 0 rings (SSSR count). The Kier molecular flexibility index (Phi) is 15100. The molecule has 0 aromatic carbocycles. The molecule has 0 unspecified atom stereocenters. The van der Waals surface area contributed by atoms with Crippen LogP contribution in [0, 0.1) is 0 Å². The van der Waals surface area contributed by atoms with Crippen molar-refractivity contribution >= 4 is 74.8 Å². The third-order valence-corrected chi connectivity index (χ3v) is 0. The summed E-state index contributed by atoms with van der Waals surface area (Å²) in [7, 11) is 0. The van der Waals surface area contributed by atoms with Crippen LogP contribution in [0.3, 0.4) is 0 Å². The zero-order valence-electron chi connectivity index (χ0n) is 8.80. The topological polar surface area (TPSA) is 314 Å². The summed E-state index contributed by atoms with van der Waals surface area (Å²) in [6, 6.07) is 0. The SMILES string of the molecule is S.S.[Nb+5].[Nb+5].[O-2].[O-2].[O-2].[O-2].[O-2].[O-2].[O-2].[O-2].[O-2].[O-2].[O-2].[Sn+4].[Sn+4].[Zn+2].[Zn+2]. The fourth-order valence-electron chi connectivity index (χ4n) is 0. The van der Waals surface area contributed by atoms with Crippen LogP contribution in [0.4, 0.5) is 0 Å². The Morgan fingerprint density at radius 3 is 0.263 bits per heavy atom. The minimum absolute atomic E-state index is 0. The van der Waals surface area contributed by atoms with E-state index in [2.05, 4.69) is 0 Å². The molecule has 19 heavy (non-hydrogen) atoms. The molecule has 0 heterocycles. The molecule has 0 aliphatic heterocycles. The molecule has 0 aromatic rings. The van der Waals surface area contributed by atoms with E-state index < -0.39 is 0 Å². The third kappa shape index (κ3) is 455. The fraction of sp³-hybridized carbons (Fsp3) is 0. The average molecular weight is 798 g/mol. The van der Waals surface area contributed by atoms with E-state index in [0.29, 0.717) is 0 Å². The maximum Gasteiger partial charge on any atom is 5.00 e. The van der Waals surface area contributed by atoms with Crippen molar-refractivity contribution in [3.8, 4) is 0 Å². The molecule has 19 heteroatoms. The molecular weight excluding hydrogens is 794 g/mol. The van der Waals surface area contributed by atoms with Gasteiger partial charge in [0.2, 0.25) is 0 Å². The van der Waals surface area contributed by atoms with Crippen LogP contribution in [0.25, 0.3) is 0 Å². The van der Waals surface area contributed by atoms with Gasteiger partial charge in [0.05, 0.1) is 0 Å². The second-order valence-electron chi connectivity index (χ2n) is 0. The van der Waals surface area contributed by atoms with Gasteiger partial charge in [0.1, 0.15) is 0 Å². The van der Waals surface area contributed by atoms with E-state index in [1.807, 2.05) is 0 Å². The van der Waals surface area contributed by atoms with Gasteiger partial charge >= 0.3 is 132 Å². The molecule has 0 saturated carbocycles. The quantitative estimate of drug-likeness (QED) is 0.244. The van der Waals surface area contributed by atoms with Crippen molar-refractivity contribution in [1.82, 2.24) is 0 Å². The first-order chi connectivity index (χ1) is 0. The van der Waals surface area contributed by atoms with Gasteiger partial charge in [0.25, 0.3) is 0 Å². The van der Waals surface area contributed by atoms with E-state index in [9.17, 15) is 0 Å². The first kappa shape index (κ1) is 572. The van der Waals surface area contributed by atoms with Crippen molar-refractivity contribution in [2.24, 2.45) is 0 Å². The van der Waals surface area contributed by atoms with Crippen LogP contribution in [0.1, 0.15) is 0 Å². The summed E-state index contributed by atoms with van der Waals surface area (Å²) in [4.78, 5) is 0. The van der Waals surface area contributed by atoms with E-state index in [0.717, 1.165) is 0 Å². The predicted molar refractivity (Wildman–Crippen MR) is 39.8 cm³/mol. The van der Waals surface area contributed by atoms with Crippen molar-refractivity contribution in [3.05, 3.63) is 0 Å². The van der Waals surface area contributed by atoms with Crippen LogP contribution >= 0.6 is 27.0 Å². The first-order valence-corrected chi connectivity index (χ1v) is 0. The molecule has 0 aliphatic rings. The number of hydrogen-bond donors (Lipinski definition) is 0. The number of rotatable bonds is 0. The maximum absolute atomic E-state index is 0. The summed E-state index contributed by atoms with van der Waals surface area (Å²) in [5.74, 6) is 0. The smallest absolute Gasteiger partial charge is 2.00 e. The average Bonchev–Trinajstić information content (AvgIpc) is 0. The number of hydrogen-bond acceptors (Lipinski definition) is 0. The molecule has 0 aliphatic carbocycles. The van der Waals surface area contributed by atoms with Crippen LogP contribution < -0.4 is 0 Å². The van der Waals surface area contributed by atoms with Gasteiger partial charge in [-0.05, 0) is 0 Å². The summed E-state index contributed by atoms with van der Waals surface area (Å²) in [5.41, 5.74) is 0. The molecule has 0 saturated heterocycles. The van der Waals surface area contributed by atoms with E-state index in [1.165, 1.54) is 0 Å². The summed E-state index contributed by atoms with van der Waals surface area (Å²) in [5, 5.41) is 0. The maximum atomic E-state index is 0. The Hall–Kier alpha value is 4.58. The Morgan fingerprint density at radius 2 is 0.263 bits per heavy atom. The summed E-state index contributed by atoms with van der Waals surface area (Å²) in [6.45, 7) is 0. The van der Waals surface area contributed by atoms with E-state index >= 15 is 0 Å². The van der Waals surface area contributed by atoms with Crippen molar-refractivity contribution in [2.75, 3.05) is 0 Å². The molecule has 0 aromatic heterocycles. The van der Waals surface area contributed by atoms with Gasteiger partial charge in [-0.15, -0.1) is 0 Å². The van der Waals surface area contributed by atoms with Gasteiger partial charge in [0.15, 0.2) is 0 Å². The Bertz CT molecular complexity index is 34.7. The van der Waals surface area contributed by atoms with Gasteiger partial charge in [0, 0.05) is 0 Å². The summed E-state index contributed by atoms with van der Waals surface area (Å²) in [6.07, 6.45) is 0. The van der Waals surface area contributed by atoms with Gasteiger partial charge in [-0.3, -0.25) is 0 Å². The molecule has 0 bridgehead atoms. The van der Waals surface area contributed by atoms with E-state index in [-0.39, 0.29) is 219 Å². The molecule has 0 atom stereocenters. The normalized spacial score (nSPS) is 0. The minimum Gasteiger partial charge on any atom is -2.00 e. The Labute approximate surface area is 215 Å². The third-order valence-electron chi connectivity index (χ3n) is 0. The van der Waals surface area contributed by atoms with E-state index in [4.69, 9.17) is 0 Å². The van der Waals surface area contributed by atoms with Crippen LogP contribution in [0.2, 0.25) is 0 Å². The second-order valence-corrected chi connectivity index (χ2v) is 0. The molecule has 0 spiro atoms. The fourth-order valence-corrected chi connectivity index (χ4v) is 0. The van der Waals surface area contributed by atoms with Crippen LogP contribution in [0.5, 0.6) is 0 Å². The van der Waals surface area contributed by atoms with Gasteiger partial charge in [-0.25, -0.2) is 0 Å². The molecular formula is H4Nb2O11S2Sn2Zn2. The Balaban J connectivity index is 0. The summed E-state index contributed by atoms with van der Waals surface area (Å²) < 4.78 is 0. The van der Waals surface area contributed by atoms with Gasteiger partial charge in [-0.1, -0.05) is 0 Å². The van der Waals surface area contributed by atoms with Crippen molar-refractivity contribution in [3.63, 3.8) is 0 Å². The molecule has 0 amide bonds. The molecule has 0 N–H and O–H groups in total. The standard InChI is InChI=1S/2Nb.11O.2H2S.2Sn.2Zn/h;;;;;;;;;;;;;2*1H2;;;;/q2*+5;11*-2;;;2*+4;2*+2. The van der Waals surface area contributed by atoms with Crippen molar-refractivity contribution in [2.45, 2.75) is 0 Å². The zero-order chi connectivity index (χ0) is 0. The zero-order valence-corrected chi connectivity index (χ0v) is 26.8. The second kappa shape index (κ2) is 501.